The molecule has 36 heavy (non-hydrogen) atoms. The van der Waals surface area contributed by atoms with Crippen molar-refractivity contribution in [3.63, 3.8) is 0 Å². The number of H-pyrrole nitrogens is 1. The van der Waals surface area contributed by atoms with Crippen LogP contribution >= 0.6 is 11.6 Å². The zero-order valence-corrected chi connectivity index (χ0v) is 19.8. The van der Waals surface area contributed by atoms with Gasteiger partial charge in [-0.05, 0) is 29.8 Å². The summed E-state index contributed by atoms with van der Waals surface area (Å²) < 4.78 is 24.4. The number of ether oxygens (including phenoxy) is 2. The van der Waals surface area contributed by atoms with Gasteiger partial charge in [0.2, 0.25) is 5.95 Å². The highest BCUT2D eigenvalue weighted by molar-refractivity contribution is 6.51. The number of carbonyl (C=O) groups excluding carboxylic acids is 2. The number of amides is 1. The monoisotopic (exact) mass is 507 g/mol. The van der Waals surface area contributed by atoms with E-state index in [9.17, 15) is 19.1 Å². The summed E-state index contributed by atoms with van der Waals surface area (Å²) in [5, 5.41) is 11.7. The second-order valence-corrected chi connectivity index (χ2v) is 8.40. The molecule has 1 fully saturated rings. The van der Waals surface area contributed by atoms with Gasteiger partial charge in [0.15, 0.2) is 0 Å². The molecule has 2 heterocycles. The van der Waals surface area contributed by atoms with Crippen LogP contribution in [0.25, 0.3) is 16.8 Å². The Hall–Kier alpha value is -4.37. The highest BCUT2D eigenvalue weighted by Crippen LogP contribution is 2.44. The Morgan fingerprint density at radius 2 is 1.78 bits per heavy atom. The number of hydrogen-bond donors (Lipinski definition) is 2. The average Bonchev–Trinajstić information content (AvgIpc) is 3.41. The van der Waals surface area contributed by atoms with Gasteiger partial charge in [-0.15, -0.1) is 0 Å². The van der Waals surface area contributed by atoms with Gasteiger partial charge in [0.05, 0.1) is 47.5 Å². The Kier molecular flexibility index (Phi) is 5.85. The van der Waals surface area contributed by atoms with Crippen molar-refractivity contribution in [1.82, 2.24) is 9.97 Å². The van der Waals surface area contributed by atoms with Crippen molar-refractivity contribution in [3.05, 3.63) is 88.2 Å². The van der Waals surface area contributed by atoms with Crippen molar-refractivity contribution in [2.45, 2.75) is 6.04 Å². The van der Waals surface area contributed by atoms with Crippen LogP contribution < -0.4 is 14.4 Å². The predicted molar refractivity (Wildman–Crippen MR) is 132 cm³/mol. The first-order valence-electron chi connectivity index (χ1n) is 10.8. The molecule has 0 spiro atoms. The van der Waals surface area contributed by atoms with Gasteiger partial charge in [-0.2, -0.15) is 0 Å². The van der Waals surface area contributed by atoms with E-state index < -0.39 is 29.3 Å². The van der Waals surface area contributed by atoms with Crippen molar-refractivity contribution in [1.29, 1.82) is 0 Å². The molecule has 5 rings (SSSR count). The van der Waals surface area contributed by atoms with E-state index in [1.165, 1.54) is 44.6 Å². The van der Waals surface area contributed by atoms with E-state index in [0.29, 0.717) is 16.6 Å². The number of ketones is 1. The maximum Gasteiger partial charge on any atom is 0.302 e. The topological polar surface area (TPSA) is 105 Å². The van der Waals surface area contributed by atoms with Gasteiger partial charge in [0.1, 0.15) is 23.1 Å². The van der Waals surface area contributed by atoms with Crippen LogP contribution in [0.2, 0.25) is 5.02 Å². The third kappa shape index (κ3) is 3.74. The lowest BCUT2D eigenvalue weighted by molar-refractivity contribution is -0.132. The van der Waals surface area contributed by atoms with E-state index >= 15 is 0 Å². The molecule has 1 aromatic heterocycles. The first-order chi connectivity index (χ1) is 17.3. The second kappa shape index (κ2) is 9.01. The number of anilines is 1. The van der Waals surface area contributed by atoms with Crippen LogP contribution in [-0.4, -0.2) is 41.0 Å². The number of nitrogens with zero attached hydrogens (tertiary/aromatic N) is 2. The number of fused-ring (bicyclic) bond motifs is 1. The maximum atomic E-state index is 13.8. The Labute approximate surface area is 209 Å². The number of rotatable bonds is 5. The highest BCUT2D eigenvalue weighted by atomic mass is 35.5. The molecule has 2 N–H and O–H groups in total. The highest BCUT2D eigenvalue weighted by Gasteiger charge is 2.48. The zero-order chi connectivity index (χ0) is 25.6. The third-order valence-corrected chi connectivity index (χ3v) is 6.24. The minimum atomic E-state index is -1.04. The lowest BCUT2D eigenvalue weighted by Gasteiger charge is -2.23. The average molecular weight is 508 g/mol. The number of nitrogens with one attached hydrogen (secondary N) is 1. The van der Waals surface area contributed by atoms with Crippen LogP contribution in [0.1, 0.15) is 17.2 Å². The molecule has 0 radical (unpaired) electrons. The number of Topliss-reactive ketones (excluding diaryl/α,β-unsaturated/α-hetero) is 1. The molecule has 1 aliphatic heterocycles. The van der Waals surface area contributed by atoms with Gasteiger partial charge in [-0.25, -0.2) is 9.37 Å². The summed E-state index contributed by atoms with van der Waals surface area (Å²) in [6, 6.07) is 14.5. The normalized spacial score (nSPS) is 17.1. The number of hydrogen-bond acceptors (Lipinski definition) is 6. The Balaban J connectivity index is 1.76. The quantitative estimate of drug-likeness (QED) is 0.224. The first-order valence-corrected chi connectivity index (χ1v) is 11.1. The predicted octanol–water partition coefficient (Wildman–Crippen LogP) is 5.00. The number of aliphatic hydroxyl groups is 1. The molecule has 0 bridgehead atoms. The molecule has 0 saturated carbocycles. The summed E-state index contributed by atoms with van der Waals surface area (Å²) in [6.07, 6.45) is 0. The van der Waals surface area contributed by atoms with Crippen LogP contribution in [-0.2, 0) is 9.59 Å². The third-order valence-electron chi connectivity index (χ3n) is 5.95. The molecule has 0 aliphatic carbocycles. The molecule has 1 aliphatic rings. The second-order valence-electron chi connectivity index (χ2n) is 7.99. The summed E-state index contributed by atoms with van der Waals surface area (Å²) in [5.41, 5.74) is 1.24. The van der Waals surface area contributed by atoms with Crippen molar-refractivity contribution in [2.75, 3.05) is 19.1 Å². The fourth-order valence-electron chi connectivity index (χ4n) is 4.27. The van der Waals surface area contributed by atoms with E-state index in [1.54, 1.807) is 30.3 Å². The van der Waals surface area contributed by atoms with E-state index in [2.05, 4.69) is 9.97 Å². The lowest BCUT2D eigenvalue weighted by atomic mass is 9.95. The molecule has 182 valence electrons. The Morgan fingerprint density at radius 3 is 2.47 bits per heavy atom. The molecule has 1 saturated heterocycles. The van der Waals surface area contributed by atoms with Gasteiger partial charge in [-0.3, -0.25) is 14.5 Å². The first kappa shape index (κ1) is 23.4. The number of benzene rings is 3. The molecular formula is C26H19ClFN3O5. The summed E-state index contributed by atoms with van der Waals surface area (Å²) in [6.45, 7) is 0. The number of carbonyl (C=O) groups is 2. The minimum absolute atomic E-state index is 0.0336. The van der Waals surface area contributed by atoms with E-state index in [4.69, 9.17) is 21.1 Å². The zero-order valence-electron chi connectivity index (χ0n) is 19.1. The minimum Gasteiger partial charge on any atom is -0.507 e. The molecule has 4 aromatic rings. The summed E-state index contributed by atoms with van der Waals surface area (Å²) in [4.78, 5) is 35.2. The van der Waals surface area contributed by atoms with Gasteiger partial charge in [-0.1, -0.05) is 41.9 Å². The van der Waals surface area contributed by atoms with E-state index in [0.717, 1.165) is 4.90 Å². The number of imidazole rings is 1. The molecular weight excluding hydrogens is 489 g/mol. The standard InChI is InChI=1S/C26H19ClFN3O5/c1-35-19-12-16(27)20(36-2)11-15(19)23(32)21-22(13-6-4-3-5-7-13)31(25(34)24(21)33)26-29-17-9-8-14(28)10-18(17)30-26/h3-12,22,32H,1-2H3,(H,29,30)/b23-21+. The number of methoxy groups -OCH3 is 2. The van der Waals surface area contributed by atoms with E-state index in [1.807, 2.05) is 0 Å². The van der Waals surface area contributed by atoms with Crippen LogP contribution in [0.5, 0.6) is 11.5 Å². The van der Waals surface area contributed by atoms with Gasteiger partial charge < -0.3 is 19.6 Å². The molecule has 3 aromatic carbocycles. The molecule has 1 amide bonds. The molecule has 1 atom stereocenters. The maximum absolute atomic E-state index is 13.8. The number of halogens is 2. The largest absolute Gasteiger partial charge is 0.507 e. The number of aromatic nitrogens is 2. The summed E-state index contributed by atoms with van der Waals surface area (Å²) in [7, 11) is 2.79. The summed E-state index contributed by atoms with van der Waals surface area (Å²) in [5.74, 6) is -2.35. The van der Waals surface area contributed by atoms with Gasteiger partial charge >= 0.3 is 5.91 Å². The lowest BCUT2D eigenvalue weighted by Crippen LogP contribution is -2.30. The van der Waals surface area contributed by atoms with Crippen molar-refractivity contribution >= 4 is 46.0 Å². The molecule has 8 nitrogen and oxygen atoms in total. The van der Waals surface area contributed by atoms with Crippen LogP contribution in [0.15, 0.2) is 66.2 Å². The molecule has 10 heteroatoms. The van der Waals surface area contributed by atoms with Crippen molar-refractivity contribution in [2.24, 2.45) is 0 Å². The SMILES string of the molecule is COc1cc(/C(O)=C2\C(=O)C(=O)N(c3nc4ccc(F)cc4[nH]3)C2c2ccccc2)c(OC)cc1Cl. The van der Waals surface area contributed by atoms with Crippen molar-refractivity contribution < 1.29 is 28.6 Å². The van der Waals surface area contributed by atoms with Crippen molar-refractivity contribution in [3.8, 4) is 11.5 Å². The Bertz CT molecular complexity index is 1550. The van der Waals surface area contributed by atoms with Crippen LogP contribution in [0.3, 0.4) is 0 Å². The smallest absolute Gasteiger partial charge is 0.302 e. The van der Waals surface area contributed by atoms with Crippen LogP contribution in [0, 0.1) is 5.82 Å². The van der Waals surface area contributed by atoms with Gasteiger partial charge in [0.25, 0.3) is 5.78 Å². The van der Waals surface area contributed by atoms with Crippen LogP contribution in [0.4, 0.5) is 10.3 Å². The fourth-order valence-corrected chi connectivity index (χ4v) is 4.51. The number of aliphatic hydroxyl groups excluding tert-OH is 1. The Morgan fingerprint density at radius 1 is 1.06 bits per heavy atom. The van der Waals surface area contributed by atoms with Gasteiger partial charge in [0, 0.05) is 6.07 Å². The summed E-state index contributed by atoms with van der Waals surface area (Å²) >= 11 is 6.20. The number of aromatic amines is 1. The fraction of sp³-hybridized carbons (Fsp3) is 0.115. The van der Waals surface area contributed by atoms with E-state index in [-0.39, 0.29) is 33.6 Å². The molecule has 1 unspecified atom stereocenters.